The van der Waals surface area contributed by atoms with Gasteiger partial charge in [0.15, 0.2) is 0 Å². The molecule has 33 heavy (non-hydrogen) atoms. The van der Waals surface area contributed by atoms with Crippen molar-refractivity contribution >= 4 is 29.1 Å². The zero-order valence-electron chi connectivity index (χ0n) is 18.8. The molecule has 174 valence electrons. The third-order valence-electron chi connectivity index (χ3n) is 6.16. The van der Waals surface area contributed by atoms with Crippen LogP contribution in [0.5, 0.6) is 5.75 Å². The van der Waals surface area contributed by atoms with Gasteiger partial charge < -0.3 is 19.6 Å². The lowest BCUT2D eigenvalue weighted by Crippen LogP contribution is -2.37. The molecule has 2 aliphatic heterocycles. The van der Waals surface area contributed by atoms with Crippen LogP contribution < -0.4 is 4.74 Å². The Morgan fingerprint density at radius 1 is 1.09 bits per heavy atom. The first-order chi connectivity index (χ1) is 16.0. The summed E-state index contributed by atoms with van der Waals surface area (Å²) in [5, 5.41) is 11.7. The van der Waals surface area contributed by atoms with Gasteiger partial charge in [0.1, 0.15) is 11.5 Å². The minimum absolute atomic E-state index is 0.0939. The number of nitrogens with zero attached hydrogens (tertiary/aromatic N) is 2. The van der Waals surface area contributed by atoms with Crippen molar-refractivity contribution < 1.29 is 19.4 Å². The molecule has 4 rings (SSSR count). The molecule has 0 bridgehead atoms. The fourth-order valence-electron chi connectivity index (χ4n) is 4.47. The molecule has 1 N–H and O–H groups in total. The number of carbonyl (C=O) groups is 2. The van der Waals surface area contributed by atoms with Crippen LogP contribution in [-0.2, 0) is 9.59 Å². The monoisotopic (exact) mass is 468 g/mol. The summed E-state index contributed by atoms with van der Waals surface area (Å²) in [5.41, 5.74) is 1.27. The Labute approximate surface area is 199 Å². The van der Waals surface area contributed by atoms with Gasteiger partial charge in [-0.2, -0.15) is 0 Å². The normalized spacial score (nSPS) is 20.5. The van der Waals surface area contributed by atoms with E-state index in [1.165, 1.54) is 0 Å². The first-order valence-electron chi connectivity index (χ1n) is 11.5. The highest BCUT2D eigenvalue weighted by molar-refractivity contribution is 6.46. The predicted octanol–water partition coefficient (Wildman–Crippen LogP) is 4.65. The molecule has 2 fully saturated rings. The van der Waals surface area contributed by atoms with Gasteiger partial charge >= 0.3 is 0 Å². The number of aliphatic hydroxyl groups excluding tert-OH is 1. The average Bonchev–Trinajstić information content (AvgIpc) is 3.43. The number of rotatable bonds is 8. The summed E-state index contributed by atoms with van der Waals surface area (Å²) in [5.74, 6) is -0.784. The fourth-order valence-corrected chi connectivity index (χ4v) is 4.60. The van der Waals surface area contributed by atoms with Crippen molar-refractivity contribution in [2.24, 2.45) is 0 Å². The van der Waals surface area contributed by atoms with Crippen LogP contribution in [0.1, 0.15) is 43.4 Å². The van der Waals surface area contributed by atoms with Crippen LogP contribution >= 0.6 is 11.6 Å². The molecule has 2 aromatic rings. The summed E-state index contributed by atoms with van der Waals surface area (Å²) >= 11 is 5.99. The van der Waals surface area contributed by atoms with E-state index in [2.05, 4.69) is 4.90 Å². The van der Waals surface area contributed by atoms with E-state index in [0.29, 0.717) is 36.0 Å². The molecule has 6 nitrogen and oxygen atoms in total. The number of benzene rings is 2. The Kier molecular flexibility index (Phi) is 7.36. The largest absolute Gasteiger partial charge is 0.507 e. The van der Waals surface area contributed by atoms with Gasteiger partial charge in [-0.1, -0.05) is 30.7 Å². The highest BCUT2D eigenvalue weighted by atomic mass is 35.5. The molecule has 7 heteroatoms. The molecule has 2 aromatic carbocycles. The average molecular weight is 469 g/mol. The van der Waals surface area contributed by atoms with E-state index < -0.39 is 17.7 Å². The van der Waals surface area contributed by atoms with Gasteiger partial charge in [-0.15, -0.1) is 0 Å². The van der Waals surface area contributed by atoms with Gasteiger partial charge in [-0.3, -0.25) is 9.59 Å². The van der Waals surface area contributed by atoms with E-state index in [0.717, 1.165) is 37.9 Å². The zero-order valence-corrected chi connectivity index (χ0v) is 19.6. The standard InChI is InChI=1S/C26H29ClN2O4/c1-2-16-33-21-7-5-6-19(17-21)23-22(24(30)18-8-10-20(27)11-9-18)25(31)26(32)29(23)15-14-28-12-3-4-13-28/h5-11,17,23,30H,2-4,12-16H2,1H3/b24-22+. The van der Waals surface area contributed by atoms with Crippen LogP contribution in [0.3, 0.4) is 0 Å². The Bertz CT molecular complexity index is 1040. The highest BCUT2D eigenvalue weighted by Gasteiger charge is 2.46. The molecular weight excluding hydrogens is 440 g/mol. The molecule has 1 unspecified atom stereocenters. The van der Waals surface area contributed by atoms with Crippen molar-refractivity contribution in [2.75, 3.05) is 32.8 Å². The zero-order chi connectivity index (χ0) is 23.4. The van der Waals surface area contributed by atoms with Crippen molar-refractivity contribution in [1.82, 2.24) is 9.80 Å². The quantitative estimate of drug-likeness (QED) is 0.347. The molecule has 0 radical (unpaired) electrons. The number of aliphatic hydroxyl groups is 1. The number of carbonyl (C=O) groups excluding carboxylic acids is 2. The number of likely N-dealkylation sites (tertiary alicyclic amines) is 2. The molecule has 2 aliphatic rings. The molecule has 2 heterocycles. The van der Waals surface area contributed by atoms with Crippen molar-refractivity contribution in [3.63, 3.8) is 0 Å². The Morgan fingerprint density at radius 2 is 1.82 bits per heavy atom. The topological polar surface area (TPSA) is 70.1 Å². The van der Waals surface area contributed by atoms with Crippen molar-refractivity contribution in [3.8, 4) is 5.75 Å². The van der Waals surface area contributed by atoms with E-state index >= 15 is 0 Å². The number of hydrogen-bond acceptors (Lipinski definition) is 5. The lowest BCUT2D eigenvalue weighted by Gasteiger charge is -2.27. The first-order valence-corrected chi connectivity index (χ1v) is 11.9. The first kappa shape index (κ1) is 23.3. The molecule has 1 amide bonds. The van der Waals surface area contributed by atoms with Crippen LogP contribution in [0, 0.1) is 0 Å². The van der Waals surface area contributed by atoms with Crippen LogP contribution in [0.2, 0.25) is 5.02 Å². The number of ketones is 1. The van der Waals surface area contributed by atoms with E-state index in [1.807, 2.05) is 31.2 Å². The van der Waals surface area contributed by atoms with E-state index in [1.54, 1.807) is 29.2 Å². The van der Waals surface area contributed by atoms with Gasteiger partial charge in [0.2, 0.25) is 0 Å². The molecule has 0 aromatic heterocycles. The molecule has 0 aliphatic carbocycles. The van der Waals surface area contributed by atoms with Crippen LogP contribution in [0.4, 0.5) is 0 Å². The highest BCUT2D eigenvalue weighted by Crippen LogP contribution is 2.40. The Morgan fingerprint density at radius 3 is 2.52 bits per heavy atom. The number of amides is 1. The van der Waals surface area contributed by atoms with Crippen molar-refractivity contribution in [3.05, 3.63) is 70.3 Å². The predicted molar refractivity (Wildman–Crippen MR) is 128 cm³/mol. The van der Waals surface area contributed by atoms with Gasteiger partial charge in [0, 0.05) is 23.7 Å². The summed E-state index contributed by atoms with van der Waals surface area (Å²) in [6.07, 6.45) is 3.17. The van der Waals surface area contributed by atoms with Crippen molar-refractivity contribution in [1.29, 1.82) is 0 Å². The number of halogens is 1. The van der Waals surface area contributed by atoms with Gasteiger partial charge in [-0.25, -0.2) is 0 Å². The molecule has 0 spiro atoms. The summed E-state index contributed by atoms with van der Waals surface area (Å²) in [6.45, 7) is 5.70. The van der Waals surface area contributed by atoms with Crippen LogP contribution in [0.25, 0.3) is 5.76 Å². The molecular formula is C26H29ClN2O4. The lowest BCUT2D eigenvalue weighted by atomic mass is 9.95. The van der Waals surface area contributed by atoms with Crippen molar-refractivity contribution in [2.45, 2.75) is 32.2 Å². The summed E-state index contributed by atoms with van der Waals surface area (Å²) < 4.78 is 5.79. The van der Waals surface area contributed by atoms with E-state index in [4.69, 9.17) is 16.3 Å². The summed E-state index contributed by atoms with van der Waals surface area (Å²) in [6, 6.07) is 13.3. The maximum absolute atomic E-state index is 13.2. The Balaban J connectivity index is 1.75. The SMILES string of the molecule is CCCOc1cccc(C2/C(=C(\O)c3ccc(Cl)cc3)C(=O)C(=O)N2CCN2CCCC2)c1. The van der Waals surface area contributed by atoms with Crippen LogP contribution in [-0.4, -0.2) is 59.4 Å². The van der Waals surface area contributed by atoms with Crippen LogP contribution in [0.15, 0.2) is 54.1 Å². The second-order valence-electron chi connectivity index (χ2n) is 8.47. The fraction of sp³-hybridized carbons (Fsp3) is 0.385. The maximum atomic E-state index is 13.2. The van der Waals surface area contributed by atoms with Gasteiger partial charge in [0.25, 0.3) is 11.7 Å². The second-order valence-corrected chi connectivity index (χ2v) is 8.91. The number of hydrogen-bond donors (Lipinski definition) is 1. The summed E-state index contributed by atoms with van der Waals surface area (Å²) in [7, 11) is 0. The van der Waals surface area contributed by atoms with Gasteiger partial charge in [-0.05, 0) is 74.3 Å². The second kappa shape index (κ2) is 10.4. The molecule has 1 atom stereocenters. The summed E-state index contributed by atoms with van der Waals surface area (Å²) in [4.78, 5) is 30.2. The maximum Gasteiger partial charge on any atom is 0.295 e. The number of ether oxygens (including phenoxy) is 1. The number of Topliss-reactive ketones (excluding diaryl/α,β-unsaturated/α-hetero) is 1. The third kappa shape index (κ3) is 5.07. The Hall–Kier alpha value is -2.83. The minimum Gasteiger partial charge on any atom is -0.507 e. The van der Waals surface area contributed by atoms with E-state index in [-0.39, 0.29) is 11.3 Å². The van der Waals surface area contributed by atoms with Gasteiger partial charge in [0.05, 0.1) is 18.2 Å². The molecule has 0 saturated carbocycles. The smallest absolute Gasteiger partial charge is 0.295 e. The third-order valence-corrected chi connectivity index (χ3v) is 6.41. The minimum atomic E-state index is -0.687. The lowest BCUT2D eigenvalue weighted by molar-refractivity contribution is -0.140. The molecule has 2 saturated heterocycles. The van der Waals surface area contributed by atoms with E-state index in [9.17, 15) is 14.7 Å².